The fourth-order valence-electron chi connectivity index (χ4n) is 0.893. The van der Waals surface area contributed by atoms with E-state index in [-0.39, 0.29) is 12.0 Å². The highest BCUT2D eigenvalue weighted by Crippen LogP contribution is 2.12. The summed E-state index contributed by atoms with van der Waals surface area (Å²) < 4.78 is 0. The second kappa shape index (κ2) is 2.29. The van der Waals surface area contributed by atoms with Crippen molar-refractivity contribution in [1.82, 2.24) is 0 Å². The lowest BCUT2D eigenvalue weighted by atomic mass is 9.95. The zero-order valence-corrected chi connectivity index (χ0v) is 5.79. The summed E-state index contributed by atoms with van der Waals surface area (Å²) in [7, 11) is 0. The molecule has 0 aromatic heterocycles. The van der Waals surface area contributed by atoms with E-state index in [1.807, 2.05) is 13.8 Å². The van der Waals surface area contributed by atoms with E-state index in [2.05, 4.69) is 4.99 Å². The Bertz CT molecular complexity index is 151. The average molecular weight is 125 g/mol. The van der Waals surface area contributed by atoms with Crippen LogP contribution in [-0.2, 0) is 4.79 Å². The van der Waals surface area contributed by atoms with Crippen molar-refractivity contribution in [3.05, 3.63) is 0 Å². The van der Waals surface area contributed by atoms with E-state index in [1.54, 1.807) is 6.21 Å². The van der Waals surface area contributed by atoms with Crippen molar-refractivity contribution in [2.45, 2.75) is 26.3 Å². The molecule has 0 aliphatic carbocycles. The fraction of sp³-hybridized carbons (Fsp3) is 0.714. The van der Waals surface area contributed by atoms with Crippen molar-refractivity contribution in [2.24, 2.45) is 10.9 Å². The number of hydrogen-bond donors (Lipinski definition) is 0. The molecule has 0 amide bonds. The number of aliphatic imine (C=N–C) groups is 1. The van der Waals surface area contributed by atoms with E-state index < -0.39 is 0 Å². The van der Waals surface area contributed by atoms with Crippen molar-refractivity contribution in [2.75, 3.05) is 0 Å². The molecule has 0 N–H and O–H groups in total. The number of carbonyl (C=O) groups is 1. The van der Waals surface area contributed by atoms with Gasteiger partial charge < -0.3 is 0 Å². The maximum atomic E-state index is 10.9. The zero-order chi connectivity index (χ0) is 6.85. The summed E-state index contributed by atoms with van der Waals surface area (Å²) in [4.78, 5) is 15.0. The second-order valence-corrected chi connectivity index (χ2v) is 2.53. The molecule has 0 saturated heterocycles. The van der Waals surface area contributed by atoms with E-state index in [1.165, 1.54) is 0 Å². The lowest BCUT2D eigenvalue weighted by Crippen LogP contribution is -2.25. The molecule has 1 rings (SSSR count). The molecule has 1 aliphatic heterocycles. The van der Waals surface area contributed by atoms with Gasteiger partial charge in [-0.15, -0.1) is 0 Å². The molecule has 0 aromatic rings. The third-order valence-electron chi connectivity index (χ3n) is 1.86. The van der Waals surface area contributed by atoms with Crippen LogP contribution in [0, 0.1) is 5.92 Å². The first-order valence-electron chi connectivity index (χ1n) is 3.26. The van der Waals surface area contributed by atoms with Crippen molar-refractivity contribution in [1.29, 1.82) is 0 Å². The van der Waals surface area contributed by atoms with Gasteiger partial charge >= 0.3 is 0 Å². The summed E-state index contributed by atoms with van der Waals surface area (Å²) in [5.41, 5.74) is 0. The molecule has 2 heteroatoms. The molecular weight excluding hydrogens is 114 g/mol. The predicted octanol–water partition coefficient (Wildman–Crippen LogP) is 1.05. The van der Waals surface area contributed by atoms with Crippen molar-refractivity contribution in [3.63, 3.8) is 0 Å². The van der Waals surface area contributed by atoms with Gasteiger partial charge in [-0.25, -0.2) is 0 Å². The molecule has 0 aromatic carbocycles. The van der Waals surface area contributed by atoms with Gasteiger partial charge in [-0.2, -0.15) is 0 Å². The first kappa shape index (κ1) is 6.46. The first-order chi connectivity index (χ1) is 4.22. The van der Waals surface area contributed by atoms with E-state index in [4.69, 9.17) is 0 Å². The lowest BCUT2D eigenvalue weighted by molar-refractivity contribution is -0.121. The molecule has 0 radical (unpaired) electrons. The van der Waals surface area contributed by atoms with Crippen LogP contribution in [0.1, 0.15) is 20.3 Å². The molecule has 0 saturated carbocycles. The van der Waals surface area contributed by atoms with Gasteiger partial charge in [0, 0.05) is 18.6 Å². The van der Waals surface area contributed by atoms with Gasteiger partial charge in [-0.05, 0) is 6.92 Å². The van der Waals surface area contributed by atoms with Gasteiger partial charge in [0.15, 0.2) is 0 Å². The number of ketones is 1. The minimum absolute atomic E-state index is 0.134. The normalized spacial score (nSPS) is 35.1. The smallest absolute Gasteiger partial charge is 0.143 e. The molecule has 0 fully saturated rings. The SMILES string of the molecule is CC1N=CCC(=O)C1C. The standard InChI is InChI=1S/C7H11NO/c1-5-6(2)8-4-3-7(5)9/h4-6H,3H2,1-2H3. The maximum absolute atomic E-state index is 10.9. The van der Waals surface area contributed by atoms with E-state index in [9.17, 15) is 4.79 Å². The predicted molar refractivity (Wildman–Crippen MR) is 36.7 cm³/mol. The van der Waals surface area contributed by atoms with Crippen LogP contribution in [0.3, 0.4) is 0 Å². The molecule has 9 heavy (non-hydrogen) atoms. The Hall–Kier alpha value is -0.660. The molecule has 1 aliphatic rings. The van der Waals surface area contributed by atoms with Gasteiger partial charge in [0.1, 0.15) is 5.78 Å². The summed E-state index contributed by atoms with van der Waals surface area (Å²) in [6.45, 7) is 3.90. The quantitative estimate of drug-likeness (QED) is 0.476. The number of Topliss-reactive ketones (excluding diaryl/α,β-unsaturated/α-hetero) is 1. The summed E-state index contributed by atoms with van der Waals surface area (Å²) in [5.74, 6) is 0.451. The van der Waals surface area contributed by atoms with Crippen molar-refractivity contribution in [3.8, 4) is 0 Å². The fourth-order valence-corrected chi connectivity index (χ4v) is 0.893. The van der Waals surface area contributed by atoms with Gasteiger partial charge in [0.25, 0.3) is 0 Å². The second-order valence-electron chi connectivity index (χ2n) is 2.53. The van der Waals surface area contributed by atoms with Crippen LogP contribution in [0.2, 0.25) is 0 Å². The topological polar surface area (TPSA) is 29.4 Å². The van der Waals surface area contributed by atoms with Crippen LogP contribution in [0.25, 0.3) is 0 Å². The Labute approximate surface area is 55.0 Å². The van der Waals surface area contributed by atoms with Crippen LogP contribution in [0.4, 0.5) is 0 Å². The number of hydrogen-bond acceptors (Lipinski definition) is 2. The molecule has 0 bridgehead atoms. The third kappa shape index (κ3) is 1.18. The van der Waals surface area contributed by atoms with E-state index >= 15 is 0 Å². The minimum Gasteiger partial charge on any atom is -0.299 e. The highest BCUT2D eigenvalue weighted by Gasteiger charge is 2.20. The Kier molecular flexibility index (Phi) is 1.65. The highest BCUT2D eigenvalue weighted by molar-refractivity contribution is 5.94. The minimum atomic E-state index is 0.134. The molecule has 2 atom stereocenters. The summed E-state index contributed by atoms with van der Waals surface area (Å²) >= 11 is 0. The number of rotatable bonds is 0. The van der Waals surface area contributed by atoms with Crippen LogP contribution < -0.4 is 0 Å². The maximum Gasteiger partial charge on any atom is 0.143 e. The van der Waals surface area contributed by atoms with Crippen molar-refractivity contribution < 1.29 is 4.79 Å². The molecule has 2 unspecified atom stereocenters. The zero-order valence-electron chi connectivity index (χ0n) is 5.79. The Morgan fingerprint density at radius 3 is 2.78 bits per heavy atom. The summed E-state index contributed by atoms with van der Waals surface area (Å²) in [6.07, 6.45) is 2.25. The van der Waals surface area contributed by atoms with Gasteiger partial charge in [0.05, 0.1) is 6.04 Å². The molecule has 50 valence electrons. The monoisotopic (exact) mass is 125 g/mol. The van der Waals surface area contributed by atoms with Gasteiger partial charge in [-0.3, -0.25) is 9.79 Å². The van der Waals surface area contributed by atoms with Gasteiger partial charge in [0.2, 0.25) is 0 Å². The molecular formula is C7H11NO. The molecule has 2 nitrogen and oxygen atoms in total. The molecule has 0 spiro atoms. The Balaban J connectivity index is 2.69. The largest absolute Gasteiger partial charge is 0.299 e. The molecule has 1 heterocycles. The van der Waals surface area contributed by atoms with E-state index in [0.717, 1.165) is 0 Å². The third-order valence-corrected chi connectivity index (χ3v) is 1.86. The Morgan fingerprint density at radius 1 is 1.67 bits per heavy atom. The lowest BCUT2D eigenvalue weighted by Gasteiger charge is -2.17. The average Bonchev–Trinajstić information content (AvgIpc) is 1.83. The van der Waals surface area contributed by atoms with Crippen molar-refractivity contribution >= 4 is 12.0 Å². The van der Waals surface area contributed by atoms with Crippen LogP contribution >= 0.6 is 0 Å². The number of carbonyl (C=O) groups excluding carboxylic acids is 1. The summed E-state index contributed by atoms with van der Waals surface area (Å²) in [5, 5.41) is 0. The first-order valence-corrected chi connectivity index (χ1v) is 3.26. The summed E-state index contributed by atoms with van der Waals surface area (Å²) in [6, 6.07) is 0.200. The van der Waals surface area contributed by atoms with Crippen LogP contribution in [0.15, 0.2) is 4.99 Å². The number of nitrogens with zero attached hydrogens (tertiary/aromatic N) is 1. The van der Waals surface area contributed by atoms with Gasteiger partial charge in [-0.1, -0.05) is 6.92 Å². The Morgan fingerprint density at radius 2 is 2.33 bits per heavy atom. The highest BCUT2D eigenvalue weighted by atomic mass is 16.1. The van der Waals surface area contributed by atoms with Crippen LogP contribution in [-0.4, -0.2) is 18.0 Å². The van der Waals surface area contributed by atoms with E-state index in [0.29, 0.717) is 12.2 Å². The van der Waals surface area contributed by atoms with Crippen LogP contribution in [0.5, 0.6) is 0 Å².